The van der Waals surface area contributed by atoms with E-state index in [1.807, 2.05) is 0 Å². The van der Waals surface area contributed by atoms with Gasteiger partial charge in [0.25, 0.3) is 5.91 Å². The molecule has 174 valence electrons. The van der Waals surface area contributed by atoms with Gasteiger partial charge in [0.2, 0.25) is 10.0 Å². The Hall–Kier alpha value is -2.66. The zero-order valence-electron chi connectivity index (χ0n) is 17.2. The van der Waals surface area contributed by atoms with Crippen molar-refractivity contribution in [2.75, 3.05) is 25.0 Å². The molecule has 3 rings (SSSR count). The summed E-state index contributed by atoms with van der Waals surface area (Å²) in [5, 5.41) is 2.30. The second-order valence-corrected chi connectivity index (χ2v) is 9.35. The maximum Gasteiger partial charge on any atom is 0.422 e. The minimum atomic E-state index is -4.62. The largest absolute Gasteiger partial charge is 0.482 e. The first-order chi connectivity index (χ1) is 15.0. The van der Waals surface area contributed by atoms with Gasteiger partial charge in [-0.3, -0.25) is 4.79 Å². The van der Waals surface area contributed by atoms with Gasteiger partial charge in [-0.05, 0) is 49.6 Å². The van der Waals surface area contributed by atoms with E-state index < -0.39 is 34.5 Å². The van der Waals surface area contributed by atoms with Crippen molar-refractivity contribution in [3.05, 3.63) is 53.3 Å². The lowest BCUT2D eigenvalue weighted by atomic mass is 10.1. The molecule has 1 amide bonds. The number of halogens is 4. The number of rotatable bonds is 6. The summed E-state index contributed by atoms with van der Waals surface area (Å²) < 4.78 is 83.2. The molecular formula is C21H22F4N2O4S. The highest BCUT2D eigenvalue weighted by atomic mass is 32.2. The van der Waals surface area contributed by atoms with Crippen molar-refractivity contribution in [2.24, 2.45) is 0 Å². The lowest BCUT2D eigenvalue weighted by Gasteiger charge is -2.26. The molecule has 0 atom stereocenters. The number of carbonyl (C=O) groups excluding carboxylic acids is 1. The molecule has 0 radical (unpaired) electrons. The average Bonchev–Trinajstić information content (AvgIpc) is 2.73. The van der Waals surface area contributed by atoms with E-state index in [2.05, 4.69) is 10.1 Å². The first kappa shape index (κ1) is 24.0. The number of benzene rings is 2. The Labute approximate surface area is 183 Å². The van der Waals surface area contributed by atoms with Crippen LogP contribution in [-0.2, 0) is 10.0 Å². The molecule has 0 unspecified atom stereocenters. The highest BCUT2D eigenvalue weighted by molar-refractivity contribution is 7.89. The van der Waals surface area contributed by atoms with Crippen molar-refractivity contribution >= 4 is 21.6 Å². The normalized spacial score (nSPS) is 15.4. The van der Waals surface area contributed by atoms with Crippen LogP contribution in [0.2, 0.25) is 0 Å². The van der Waals surface area contributed by atoms with E-state index >= 15 is 0 Å². The second kappa shape index (κ2) is 9.45. The molecule has 1 N–H and O–H groups in total. The van der Waals surface area contributed by atoms with Gasteiger partial charge in [0.15, 0.2) is 6.61 Å². The number of amides is 1. The van der Waals surface area contributed by atoms with Crippen LogP contribution in [0.4, 0.5) is 23.2 Å². The number of alkyl halides is 3. The summed E-state index contributed by atoms with van der Waals surface area (Å²) in [5.74, 6) is -1.98. The van der Waals surface area contributed by atoms with Crippen molar-refractivity contribution in [1.29, 1.82) is 0 Å². The zero-order valence-corrected chi connectivity index (χ0v) is 18.0. The Balaban J connectivity index is 1.86. The lowest BCUT2D eigenvalue weighted by molar-refractivity contribution is -0.153. The standard InChI is InChI=1S/C21H22F4N2O4S/c1-14-5-6-15(11-19(14)32(29,30)27-9-3-2-4-10-27)20(28)26-17-12-16(22)7-8-18(17)31-13-21(23,24)25/h5-8,11-12H,2-4,9-10,13H2,1H3,(H,26,28). The first-order valence-corrected chi connectivity index (χ1v) is 11.3. The predicted octanol–water partition coefficient (Wildman–Crippen LogP) is 4.50. The number of nitrogens with one attached hydrogen (secondary N) is 1. The third-order valence-corrected chi connectivity index (χ3v) is 7.00. The molecule has 11 heteroatoms. The Bertz CT molecular complexity index is 1100. The zero-order chi connectivity index (χ0) is 23.5. The number of aryl methyl sites for hydroxylation is 1. The summed E-state index contributed by atoms with van der Waals surface area (Å²) in [6, 6.07) is 6.76. The number of hydrogen-bond acceptors (Lipinski definition) is 4. The summed E-state index contributed by atoms with van der Waals surface area (Å²) in [4.78, 5) is 12.7. The number of anilines is 1. The number of nitrogens with zero attached hydrogens (tertiary/aromatic N) is 1. The van der Waals surface area contributed by atoms with Crippen molar-refractivity contribution in [1.82, 2.24) is 4.31 Å². The fourth-order valence-electron chi connectivity index (χ4n) is 3.34. The molecule has 1 saturated heterocycles. The third kappa shape index (κ3) is 5.77. The number of ether oxygens (including phenoxy) is 1. The van der Waals surface area contributed by atoms with Crippen LogP contribution in [0.15, 0.2) is 41.3 Å². The third-order valence-electron chi connectivity index (χ3n) is 4.96. The van der Waals surface area contributed by atoms with E-state index in [0.717, 1.165) is 37.5 Å². The van der Waals surface area contributed by atoms with Crippen molar-refractivity contribution in [3.8, 4) is 5.75 Å². The van der Waals surface area contributed by atoms with Gasteiger partial charge in [-0.25, -0.2) is 12.8 Å². The van der Waals surface area contributed by atoms with E-state index in [9.17, 15) is 30.8 Å². The Morgan fingerprint density at radius 2 is 1.78 bits per heavy atom. The highest BCUT2D eigenvalue weighted by Crippen LogP contribution is 2.29. The number of carbonyl (C=O) groups is 1. The van der Waals surface area contributed by atoms with Crippen LogP contribution >= 0.6 is 0 Å². The molecule has 32 heavy (non-hydrogen) atoms. The van der Waals surface area contributed by atoms with Crippen LogP contribution in [-0.4, -0.2) is 44.5 Å². The molecular weight excluding hydrogens is 452 g/mol. The van der Waals surface area contributed by atoms with Crippen LogP contribution in [0, 0.1) is 12.7 Å². The molecule has 1 aliphatic rings. The maximum atomic E-state index is 13.6. The molecule has 6 nitrogen and oxygen atoms in total. The number of sulfonamides is 1. The van der Waals surface area contributed by atoms with Crippen LogP contribution in [0.1, 0.15) is 35.2 Å². The maximum absolute atomic E-state index is 13.6. The Morgan fingerprint density at radius 1 is 1.09 bits per heavy atom. The summed E-state index contributed by atoms with van der Waals surface area (Å²) in [7, 11) is -3.82. The van der Waals surface area contributed by atoms with E-state index in [-0.39, 0.29) is 21.9 Å². The van der Waals surface area contributed by atoms with E-state index in [0.29, 0.717) is 18.7 Å². The van der Waals surface area contributed by atoms with Crippen molar-refractivity contribution < 1.29 is 35.5 Å². The minimum Gasteiger partial charge on any atom is -0.482 e. The summed E-state index contributed by atoms with van der Waals surface area (Å²) in [6.45, 7) is 0.765. The van der Waals surface area contributed by atoms with Gasteiger partial charge in [-0.1, -0.05) is 12.5 Å². The quantitative estimate of drug-likeness (QED) is 0.626. The number of hydrogen-bond donors (Lipinski definition) is 1. The van der Waals surface area contributed by atoms with E-state index in [4.69, 9.17) is 0 Å². The number of piperidine rings is 1. The van der Waals surface area contributed by atoms with Gasteiger partial charge in [0, 0.05) is 24.7 Å². The van der Waals surface area contributed by atoms with Crippen LogP contribution < -0.4 is 10.1 Å². The Kier molecular flexibility index (Phi) is 7.09. The summed E-state index contributed by atoms with van der Waals surface area (Å²) >= 11 is 0. The molecule has 0 saturated carbocycles. The molecule has 0 bridgehead atoms. The topological polar surface area (TPSA) is 75.7 Å². The van der Waals surface area contributed by atoms with Crippen molar-refractivity contribution in [3.63, 3.8) is 0 Å². The van der Waals surface area contributed by atoms with Crippen LogP contribution in [0.5, 0.6) is 5.75 Å². The van der Waals surface area contributed by atoms with Crippen LogP contribution in [0.3, 0.4) is 0 Å². The summed E-state index contributed by atoms with van der Waals surface area (Å²) in [5.41, 5.74) is 0.101. The molecule has 0 spiro atoms. The van der Waals surface area contributed by atoms with Crippen molar-refractivity contribution in [2.45, 2.75) is 37.3 Å². The minimum absolute atomic E-state index is 0.0279. The molecule has 2 aromatic rings. The highest BCUT2D eigenvalue weighted by Gasteiger charge is 2.30. The lowest BCUT2D eigenvalue weighted by Crippen LogP contribution is -2.36. The van der Waals surface area contributed by atoms with Gasteiger partial charge in [0.1, 0.15) is 11.6 Å². The predicted molar refractivity (Wildman–Crippen MR) is 110 cm³/mol. The monoisotopic (exact) mass is 474 g/mol. The van der Waals surface area contributed by atoms with Gasteiger partial charge in [0.05, 0.1) is 10.6 Å². The molecule has 1 aliphatic heterocycles. The SMILES string of the molecule is Cc1ccc(C(=O)Nc2cc(F)ccc2OCC(F)(F)F)cc1S(=O)(=O)N1CCCCC1. The van der Waals surface area contributed by atoms with E-state index in [1.54, 1.807) is 6.92 Å². The molecule has 0 aliphatic carbocycles. The molecule has 0 aromatic heterocycles. The van der Waals surface area contributed by atoms with Gasteiger partial charge >= 0.3 is 6.18 Å². The average molecular weight is 474 g/mol. The molecule has 1 fully saturated rings. The molecule has 1 heterocycles. The fourth-order valence-corrected chi connectivity index (χ4v) is 5.11. The van der Waals surface area contributed by atoms with Crippen LogP contribution in [0.25, 0.3) is 0 Å². The van der Waals surface area contributed by atoms with Gasteiger partial charge in [-0.2, -0.15) is 17.5 Å². The second-order valence-electron chi connectivity index (χ2n) is 7.44. The Morgan fingerprint density at radius 3 is 2.44 bits per heavy atom. The first-order valence-electron chi connectivity index (χ1n) is 9.88. The van der Waals surface area contributed by atoms with Gasteiger partial charge < -0.3 is 10.1 Å². The van der Waals surface area contributed by atoms with Gasteiger partial charge in [-0.15, -0.1) is 0 Å². The summed E-state index contributed by atoms with van der Waals surface area (Å²) in [6.07, 6.45) is -2.18. The molecule has 2 aromatic carbocycles. The van der Waals surface area contributed by atoms with E-state index in [1.165, 1.54) is 22.5 Å². The smallest absolute Gasteiger partial charge is 0.422 e. The fraction of sp³-hybridized carbons (Fsp3) is 0.381.